The lowest BCUT2D eigenvalue weighted by molar-refractivity contribution is -0.387. The molecular weight excluding hydrogens is 433 g/mol. The fourth-order valence-electron chi connectivity index (χ4n) is 2.50. The third-order valence-corrected chi connectivity index (χ3v) is 5.60. The molecule has 0 aliphatic carbocycles. The Bertz CT molecular complexity index is 1120. The van der Waals surface area contributed by atoms with Gasteiger partial charge in [-0.3, -0.25) is 14.9 Å². The molecule has 9 heteroatoms. The van der Waals surface area contributed by atoms with E-state index < -0.39 is 29.1 Å². The maximum Gasteiger partial charge on any atom is 0.339 e. The average molecular weight is 446 g/mol. The van der Waals surface area contributed by atoms with Crippen molar-refractivity contribution in [1.82, 2.24) is 0 Å². The molecule has 0 bridgehead atoms. The monoisotopic (exact) mass is 445 g/mol. The van der Waals surface area contributed by atoms with Gasteiger partial charge >= 0.3 is 5.97 Å². The van der Waals surface area contributed by atoms with E-state index in [1.807, 2.05) is 0 Å². The molecule has 3 rings (SSSR count). The summed E-state index contributed by atoms with van der Waals surface area (Å²) in [7, 11) is 0. The second-order valence-electron chi connectivity index (χ2n) is 5.95. The van der Waals surface area contributed by atoms with E-state index in [-0.39, 0.29) is 26.7 Å². The van der Waals surface area contributed by atoms with E-state index >= 15 is 0 Å². The summed E-state index contributed by atoms with van der Waals surface area (Å²) in [6.07, 6.45) is 0. The minimum atomic E-state index is -0.775. The number of carbonyl (C=O) groups excluding carboxylic acids is 2. The maximum atomic E-state index is 13.0. The number of halogens is 2. The zero-order valence-corrected chi connectivity index (χ0v) is 16.8. The van der Waals surface area contributed by atoms with E-state index in [0.29, 0.717) is 4.90 Å². The number of esters is 1. The van der Waals surface area contributed by atoms with Crippen LogP contribution in [0.15, 0.2) is 76.5 Å². The number of ketones is 1. The van der Waals surface area contributed by atoms with Gasteiger partial charge in [-0.05, 0) is 42.5 Å². The molecule has 0 atom stereocenters. The summed E-state index contributed by atoms with van der Waals surface area (Å²) in [4.78, 5) is 36.0. The number of hydrogen-bond donors (Lipinski definition) is 0. The van der Waals surface area contributed by atoms with Crippen LogP contribution in [0.1, 0.15) is 20.7 Å². The van der Waals surface area contributed by atoms with Gasteiger partial charge in [-0.1, -0.05) is 41.6 Å². The Kier molecular flexibility index (Phi) is 6.81. The summed E-state index contributed by atoms with van der Waals surface area (Å²) in [6, 6.07) is 15.5. The van der Waals surface area contributed by atoms with Crippen molar-refractivity contribution < 1.29 is 23.6 Å². The summed E-state index contributed by atoms with van der Waals surface area (Å²) in [5.74, 6) is -1.75. The molecule has 0 unspecified atom stereocenters. The number of carbonyl (C=O) groups is 2. The van der Waals surface area contributed by atoms with E-state index in [0.717, 1.165) is 23.9 Å². The SMILES string of the molecule is O=C(COC(=O)c1ccccc1Sc1c(Cl)cccc1[N+](=O)[O-])c1ccc(F)cc1. The average Bonchev–Trinajstić information content (AvgIpc) is 2.74. The Hall–Kier alpha value is -3.23. The Balaban J connectivity index is 1.78. The number of nitrogens with zero attached hydrogens (tertiary/aromatic N) is 1. The van der Waals surface area contributed by atoms with E-state index in [2.05, 4.69) is 0 Å². The molecule has 0 heterocycles. The standard InChI is InChI=1S/C21H13ClFNO5S/c22-16-5-3-6-17(24(27)28)20(16)30-19-7-2-1-4-15(19)21(26)29-12-18(25)13-8-10-14(23)11-9-13/h1-11H,12H2. The Morgan fingerprint density at radius 3 is 2.43 bits per heavy atom. The molecule has 3 aromatic carbocycles. The van der Waals surface area contributed by atoms with Crippen molar-refractivity contribution in [1.29, 1.82) is 0 Å². The molecule has 0 saturated carbocycles. The van der Waals surface area contributed by atoms with Gasteiger partial charge in [-0.25, -0.2) is 9.18 Å². The first-order chi connectivity index (χ1) is 14.4. The quantitative estimate of drug-likeness (QED) is 0.204. The predicted molar refractivity (Wildman–Crippen MR) is 110 cm³/mol. The lowest BCUT2D eigenvalue weighted by Crippen LogP contribution is -2.15. The molecule has 0 spiro atoms. The number of Topliss-reactive ketones (excluding diaryl/α,β-unsaturated/α-hetero) is 1. The third kappa shape index (κ3) is 5.03. The molecule has 0 N–H and O–H groups in total. The van der Waals surface area contributed by atoms with Gasteiger partial charge < -0.3 is 4.74 Å². The van der Waals surface area contributed by atoms with E-state index in [1.165, 1.54) is 36.4 Å². The van der Waals surface area contributed by atoms with Crippen molar-refractivity contribution in [3.05, 3.63) is 98.8 Å². The van der Waals surface area contributed by atoms with Gasteiger partial charge in [0, 0.05) is 16.5 Å². The number of nitro groups is 1. The fraction of sp³-hybridized carbons (Fsp3) is 0.0476. The first kappa shape index (κ1) is 21.5. The molecule has 30 heavy (non-hydrogen) atoms. The molecule has 3 aromatic rings. The number of hydrogen-bond acceptors (Lipinski definition) is 6. The molecule has 0 saturated heterocycles. The number of ether oxygens (including phenoxy) is 1. The summed E-state index contributed by atoms with van der Waals surface area (Å²) in [5, 5.41) is 11.5. The molecule has 0 radical (unpaired) electrons. The van der Waals surface area contributed by atoms with Gasteiger partial charge in [0.15, 0.2) is 12.4 Å². The third-order valence-electron chi connectivity index (χ3n) is 3.96. The highest BCUT2D eigenvalue weighted by molar-refractivity contribution is 7.99. The lowest BCUT2D eigenvalue weighted by atomic mass is 10.1. The van der Waals surface area contributed by atoms with Crippen LogP contribution in [0, 0.1) is 15.9 Å². The minimum Gasteiger partial charge on any atom is -0.454 e. The smallest absolute Gasteiger partial charge is 0.339 e. The number of nitro benzene ring substituents is 1. The molecule has 152 valence electrons. The summed E-state index contributed by atoms with van der Waals surface area (Å²) < 4.78 is 18.1. The van der Waals surface area contributed by atoms with Crippen molar-refractivity contribution in [2.75, 3.05) is 6.61 Å². The van der Waals surface area contributed by atoms with Crippen LogP contribution < -0.4 is 0 Å². The van der Waals surface area contributed by atoms with Crippen molar-refractivity contribution in [2.45, 2.75) is 9.79 Å². The van der Waals surface area contributed by atoms with Gasteiger partial charge in [-0.15, -0.1) is 0 Å². The topological polar surface area (TPSA) is 86.5 Å². The van der Waals surface area contributed by atoms with Crippen molar-refractivity contribution in [2.24, 2.45) is 0 Å². The second kappa shape index (κ2) is 9.51. The molecule has 0 fully saturated rings. The lowest BCUT2D eigenvalue weighted by Gasteiger charge is -2.10. The Morgan fingerprint density at radius 1 is 1.03 bits per heavy atom. The van der Waals surface area contributed by atoms with Crippen LogP contribution in [0.2, 0.25) is 5.02 Å². The van der Waals surface area contributed by atoms with Crippen molar-refractivity contribution >= 4 is 40.8 Å². The van der Waals surface area contributed by atoms with Crippen LogP contribution in [0.3, 0.4) is 0 Å². The zero-order valence-electron chi connectivity index (χ0n) is 15.2. The Labute approximate surface area is 179 Å². The summed E-state index contributed by atoms with van der Waals surface area (Å²) in [6.45, 7) is -0.532. The Morgan fingerprint density at radius 2 is 1.73 bits per heavy atom. The van der Waals surface area contributed by atoms with Gasteiger partial charge in [0.2, 0.25) is 0 Å². The molecule has 0 amide bonds. The molecule has 6 nitrogen and oxygen atoms in total. The van der Waals surface area contributed by atoms with Crippen molar-refractivity contribution in [3.8, 4) is 0 Å². The minimum absolute atomic E-state index is 0.128. The number of rotatable bonds is 7. The van der Waals surface area contributed by atoms with Crippen molar-refractivity contribution in [3.63, 3.8) is 0 Å². The van der Waals surface area contributed by atoms with Crippen LogP contribution in [0.5, 0.6) is 0 Å². The highest BCUT2D eigenvalue weighted by Crippen LogP contribution is 2.41. The molecule has 0 aliphatic rings. The van der Waals surface area contributed by atoms with Gasteiger partial charge in [0.05, 0.1) is 15.5 Å². The first-order valence-electron chi connectivity index (χ1n) is 8.52. The number of benzene rings is 3. The van der Waals surface area contributed by atoms with Crippen LogP contribution in [-0.2, 0) is 4.74 Å². The fourth-order valence-corrected chi connectivity index (χ4v) is 3.83. The van der Waals surface area contributed by atoms with Gasteiger partial charge in [0.1, 0.15) is 10.7 Å². The summed E-state index contributed by atoms with van der Waals surface area (Å²) in [5.41, 5.74) is 0.143. The highest BCUT2D eigenvalue weighted by Gasteiger charge is 2.21. The predicted octanol–water partition coefficient (Wildman–Crippen LogP) is 5.58. The molecular formula is C21H13ClFNO5S. The van der Waals surface area contributed by atoms with Crippen LogP contribution in [0.25, 0.3) is 0 Å². The molecule has 0 aromatic heterocycles. The van der Waals surface area contributed by atoms with Gasteiger partial charge in [0.25, 0.3) is 5.69 Å². The van der Waals surface area contributed by atoms with E-state index in [9.17, 15) is 24.1 Å². The van der Waals surface area contributed by atoms with Crippen LogP contribution >= 0.6 is 23.4 Å². The van der Waals surface area contributed by atoms with Crippen LogP contribution in [0.4, 0.5) is 10.1 Å². The van der Waals surface area contributed by atoms with Crippen LogP contribution in [-0.4, -0.2) is 23.3 Å². The zero-order chi connectivity index (χ0) is 21.7. The second-order valence-corrected chi connectivity index (χ2v) is 7.41. The molecule has 0 aliphatic heterocycles. The van der Waals surface area contributed by atoms with E-state index in [4.69, 9.17) is 16.3 Å². The first-order valence-corrected chi connectivity index (χ1v) is 9.72. The normalized spacial score (nSPS) is 10.5. The van der Waals surface area contributed by atoms with Gasteiger partial charge in [-0.2, -0.15) is 0 Å². The largest absolute Gasteiger partial charge is 0.454 e. The maximum absolute atomic E-state index is 13.0. The van der Waals surface area contributed by atoms with E-state index in [1.54, 1.807) is 18.2 Å². The highest BCUT2D eigenvalue weighted by atomic mass is 35.5. The summed E-state index contributed by atoms with van der Waals surface area (Å²) >= 11 is 7.08.